The average Bonchev–Trinajstić information content (AvgIpc) is 3.24. The molecule has 1 amide bonds. The van der Waals surface area contributed by atoms with Crippen LogP contribution < -0.4 is 0 Å². The highest BCUT2D eigenvalue weighted by atomic mass is 19.4. The number of hydrogen-bond donors (Lipinski definition) is 1. The van der Waals surface area contributed by atoms with Gasteiger partial charge in [-0.15, -0.1) is 0 Å². The highest BCUT2D eigenvalue weighted by Gasteiger charge is 2.52. The number of hydrogen-bond acceptors (Lipinski definition) is 8. The molecule has 1 N–H and O–H groups in total. The molecule has 1 aliphatic rings. The molecule has 4 atom stereocenters. The summed E-state index contributed by atoms with van der Waals surface area (Å²) in [6.07, 6.45) is -4.27. The van der Waals surface area contributed by atoms with Gasteiger partial charge in [-0.1, -0.05) is 54.6 Å². The Balaban J connectivity index is 2.45. The summed E-state index contributed by atoms with van der Waals surface area (Å²) < 4.78 is 61.7. The third kappa shape index (κ3) is 8.38. The molecule has 9 nitrogen and oxygen atoms in total. The van der Waals surface area contributed by atoms with Gasteiger partial charge in [0.05, 0.1) is 26.9 Å². The van der Waals surface area contributed by atoms with Gasteiger partial charge in [-0.25, -0.2) is 9.59 Å². The maximum absolute atomic E-state index is 13.7. The first kappa shape index (κ1) is 32.0. The summed E-state index contributed by atoms with van der Waals surface area (Å²) in [6.45, 7) is 8.79. The van der Waals surface area contributed by atoms with E-state index < -0.39 is 66.4 Å². The van der Waals surface area contributed by atoms with Crippen LogP contribution in [0.4, 0.5) is 13.2 Å². The number of halogens is 3. The predicted octanol–water partition coefficient (Wildman–Crippen LogP) is 3.63. The van der Waals surface area contributed by atoms with Crippen molar-refractivity contribution in [2.75, 3.05) is 20.8 Å². The van der Waals surface area contributed by atoms with Crippen LogP contribution in [0.15, 0.2) is 54.6 Å². The molecule has 0 radical (unpaired) electrons. The Morgan fingerprint density at radius 2 is 1.82 bits per heavy atom. The molecular formula is C27H34F3NO8. The first-order valence-electron chi connectivity index (χ1n) is 12.1. The second kappa shape index (κ2) is 12.8. The molecule has 1 heterocycles. The van der Waals surface area contributed by atoms with E-state index in [1.54, 1.807) is 38.1 Å². The standard InChI is InChI=1S/C27H34F3NO8/c1-17(12-13-20-16-38-25(3,4)39-20)14-26(35,24(34)37-6)15-21(22(32)36-5)31(23(33)27(28,29)30)18(2)19-10-8-7-9-11-19/h7-13,18,20-21,35H,1,14-16H2,2-6H3/b13-12-/t18-,20+,21+,26+/m1/s1. The third-order valence-corrected chi connectivity index (χ3v) is 6.18. The Morgan fingerprint density at radius 1 is 1.21 bits per heavy atom. The van der Waals surface area contributed by atoms with E-state index in [0.29, 0.717) is 0 Å². The summed E-state index contributed by atoms with van der Waals surface area (Å²) in [5, 5.41) is 11.4. The number of allylic oxidation sites excluding steroid dienone is 1. The van der Waals surface area contributed by atoms with Crippen molar-refractivity contribution in [3.05, 3.63) is 60.2 Å². The molecule has 0 bridgehead atoms. The van der Waals surface area contributed by atoms with Crippen LogP contribution in [0.1, 0.15) is 45.2 Å². The van der Waals surface area contributed by atoms with Gasteiger partial charge in [0.25, 0.3) is 0 Å². The maximum atomic E-state index is 13.7. The largest absolute Gasteiger partial charge is 0.471 e. The van der Waals surface area contributed by atoms with E-state index in [4.69, 9.17) is 18.9 Å². The molecule has 216 valence electrons. The SMILES string of the molecule is C=C(/C=C\[C@H]1COC(C)(C)O1)C[C@](O)(C[C@@H](C(=O)OC)N(C(=O)C(F)(F)F)[C@H](C)c1ccccc1)C(=O)OC. The third-order valence-electron chi connectivity index (χ3n) is 6.18. The van der Waals surface area contributed by atoms with Gasteiger partial charge in [-0.3, -0.25) is 4.79 Å². The fraction of sp³-hybridized carbons (Fsp3) is 0.519. The van der Waals surface area contributed by atoms with Gasteiger partial charge in [0.1, 0.15) is 12.1 Å². The summed E-state index contributed by atoms with van der Waals surface area (Å²) in [4.78, 5) is 38.5. The number of benzene rings is 1. The summed E-state index contributed by atoms with van der Waals surface area (Å²) in [7, 11) is 1.89. The van der Waals surface area contributed by atoms with Crippen LogP contribution in [0.25, 0.3) is 0 Å². The van der Waals surface area contributed by atoms with Gasteiger partial charge in [-0.05, 0) is 26.3 Å². The lowest BCUT2D eigenvalue weighted by Gasteiger charge is -2.38. The van der Waals surface area contributed by atoms with Crippen molar-refractivity contribution in [3.8, 4) is 0 Å². The second-order valence-corrected chi connectivity index (χ2v) is 9.62. The van der Waals surface area contributed by atoms with Gasteiger partial charge in [0.2, 0.25) is 0 Å². The first-order valence-corrected chi connectivity index (χ1v) is 12.1. The Morgan fingerprint density at radius 3 is 2.31 bits per heavy atom. The van der Waals surface area contributed by atoms with E-state index >= 15 is 0 Å². The fourth-order valence-corrected chi connectivity index (χ4v) is 4.28. The summed E-state index contributed by atoms with van der Waals surface area (Å²) in [5.74, 6) is -5.65. The molecular weight excluding hydrogens is 523 g/mol. The Kier molecular flexibility index (Phi) is 10.5. The van der Waals surface area contributed by atoms with Crippen LogP contribution in [0.3, 0.4) is 0 Å². The number of methoxy groups -OCH3 is 2. The molecule has 2 rings (SSSR count). The molecule has 0 unspecified atom stereocenters. The zero-order valence-electron chi connectivity index (χ0n) is 22.5. The fourth-order valence-electron chi connectivity index (χ4n) is 4.28. The molecule has 0 aliphatic carbocycles. The van der Waals surface area contributed by atoms with E-state index in [-0.39, 0.29) is 22.6 Å². The summed E-state index contributed by atoms with van der Waals surface area (Å²) >= 11 is 0. The lowest BCUT2D eigenvalue weighted by Crippen LogP contribution is -2.56. The van der Waals surface area contributed by atoms with E-state index in [0.717, 1.165) is 14.2 Å². The van der Waals surface area contributed by atoms with Crippen LogP contribution in [-0.4, -0.2) is 78.4 Å². The topological polar surface area (TPSA) is 112 Å². The normalized spacial score (nSPS) is 20.1. The van der Waals surface area contributed by atoms with Crippen molar-refractivity contribution in [2.45, 2.75) is 69.4 Å². The van der Waals surface area contributed by atoms with E-state index in [9.17, 15) is 32.7 Å². The van der Waals surface area contributed by atoms with Crippen molar-refractivity contribution in [1.29, 1.82) is 0 Å². The summed E-state index contributed by atoms with van der Waals surface area (Å²) in [6, 6.07) is 4.37. The number of carbonyl (C=O) groups excluding carboxylic acids is 3. The van der Waals surface area contributed by atoms with Crippen molar-refractivity contribution >= 4 is 17.8 Å². The van der Waals surface area contributed by atoms with Gasteiger partial charge in [-0.2, -0.15) is 13.2 Å². The number of ether oxygens (including phenoxy) is 4. The molecule has 1 fully saturated rings. The average molecular weight is 558 g/mol. The van der Waals surface area contributed by atoms with Crippen LogP contribution in [0.5, 0.6) is 0 Å². The van der Waals surface area contributed by atoms with Gasteiger partial charge < -0.3 is 29.0 Å². The van der Waals surface area contributed by atoms with Crippen LogP contribution >= 0.6 is 0 Å². The molecule has 1 saturated heterocycles. The molecule has 1 aromatic carbocycles. The quantitative estimate of drug-likeness (QED) is 0.324. The zero-order chi connectivity index (χ0) is 29.6. The number of amides is 1. The predicted molar refractivity (Wildman–Crippen MR) is 133 cm³/mol. The van der Waals surface area contributed by atoms with Crippen LogP contribution in [-0.2, 0) is 33.3 Å². The Hall–Kier alpha value is -3.22. The molecule has 1 aliphatic heterocycles. The highest BCUT2D eigenvalue weighted by molar-refractivity contribution is 5.89. The van der Waals surface area contributed by atoms with E-state index in [2.05, 4.69) is 6.58 Å². The second-order valence-electron chi connectivity index (χ2n) is 9.62. The van der Waals surface area contributed by atoms with Gasteiger partial charge in [0.15, 0.2) is 11.4 Å². The summed E-state index contributed by atoms with van der Waals surface area (Å²) in [5.41, 5.74) is -2.11. The van der Waals surface area contributed by atoms with Gasteiger partial charge >= 0.3 is 24.0 Å². The highest BCUT2D eigenvalue weighted by Crippen LogP contribution is 2.34. The van der Waals surface area contributed by atoms with E-state index in [1.807, 2.05) is 0 Å². The zero-order valence-corrected chi connectivity index (χ0v) is 22.5. The molecule has 1 aromatic rings. The van der Waals surface area contributed by atoms with Gasteiger partial charge in [0, 0.05) is 12.8 Å². The Labute approximate surface area is 225 Å². The number of rotatable bonds is 11. The number of aliphatic hydroxyl groups is 1. The minimum atomic E-state index is -5.37. The first-order chi connectivity index (χ1) is 18.0. The molecule has 39 heavy (non-hydrogen) atoms. The van der Waals surface area contributed by atoms with Crippen LogP contribution in [0.2, 0.25) is 0 Å². The molecule has 0 aromatic heterocycles. The van der Waals surface area contributed by atoms with Crippen molar-refractivity contribution in [2.24, 2.45) is 0 Å². The van der Waals surface area contributed by atoms with Crippen molar-refractivity contribution < 1.29 is 51.6 Å². The maximum Gasteiger partial charge on any atom is 0.471 e. The molecule has 12 heteroatoms. The number of alkyl halides is 3. The lowest BCUT2D eigenvalue weighted by molar-refractivity contribution is -0.195. The van der Waals surface area contributed by atoms with Crippen LogP contribution in [0, 0.1) is 0 Å². The lowest BCUT2D eigenvalue weighted by atomic mass is 9.86. The minimum Gasteiger partial charge on any atom is -0.467 e. The number of esters is 2. The minimum absolute atomic E-state index is 0.171. The van der Waals surface area contributed by atoms with Crippen molar-refractivity contribution in [1.82, 2.24) is 4.90 Å². The monoisotopic (exact) mass is 557 g/mol. The number of nitrogens with zero attached hydrogens (tertiary/aromatic N) is 1. The molecule has 0 spiro atoms. The van der Waals surface area contributed by atoms with Crippen molar-refractivity contribution in [3.63, 3.8) is 0 Å². The Bertz CT molecular complexity index is 1070. The smallest absolute Gasteiger partial charge is 0.467 e. The van der Waals surface area contributed by atoms with E-state index in [1.165, 1.54) is 25.1 Å². The number of carbonyl (C=O) groups is 3. The molecule has 0 saturated carbocycles.